The average molecular weight is 217 g/mol. The standard InChI is InChI=1S/C10H19NO2S/c1-10(9(12)13,6-3-7-14-2)11-8-4-5-8/h8,11H,3-7H2,1-2H3,(H,12,13). The van der Waals surface area contributed by atoms with Gasteiger partial charge in [0.15, 0.2) is 0 Å². The van der Waals surface area contributed by atoms with Crippen LogP contribution in [0, 0.1) is 0 Å². The van der Waals surface area contributed by atoms with Crippen molar-refractivity contribution < 1.29 is 9.90 Å². The summed E-state index contributed by atoms with van der Waals surface area (Å²) < 4.78 is 0. The molecule has 14 heavy (non-hydrogen) atoms. The molecule has 1 unspecified atom stereocenters. The fourth-order valence-corrected chi connectivity index (χ4v) is 1.92. The molecule has 0 aromatic carbocycles. The molecule has 1 atom stereocenters. The van der Waals surface area contributed by atoms with E-state index in [0.29, 0.717) is 6.04 Å². The lowest BCUT2D eigenvalue weighted by Crippen LogP contribution is -2.50. The van der Waals surface area contributed by atoms with Crippen LogP contribution in [0.3, 0.4) is 0 Å². The maximum absolute atomic E-state index is 11.1. The highest BCUT2D eigenvalue weighted by Crippen LogP contribution is 2.25. The van der Waals surface area contributed by atoms with Crippen molar-refractivity contribution in [3.8, 4) is 0 Å². The van der Waals surface area contributed by atoms with Gasteiger partial charge in [-0.05, 0) is 44.6 Å². The van der Waals surface area contributed by atoms with Crippen LogP contribution in [-0.4, -0.2) is 34.7 Å². The third kappa shape index (κ3) is 3.50. The summed E-state index contributed by atoms with van der Waals surface area (Å²) in [6, 6.07) is 0.449. The van der Waals surface area contributed by atoms with Crippen LogP contribution in [0.1, 0.15) is 32.6 Å². The zero-order chi connectivity index (χ0) is 10.6. The summed E-state index contributed by atoms with van der Waals surface area (Å²) in [6.45, 7) is 1.80. The fourth-order valence-electron chi connectivity index (χ4n) is 1.49. The van der Waals surface area contributed by atoms with Gasteiger partial charge in [-0.3, -0.25) is 10.1 Å². The minimum Gasteiger partial charge on any atom is -0.480 e. The summed E-state index contributed by atoms with van der Waals surface area (Å²) in [5.74, 6) is 0.320. The SMILES string of the molecule is CSCCCC(C)(NC1CC1)C(=O)O. The van der Waals surface area contributed by atoms with Gasteiger partial charge < -0.3 is 5.11 Å². The van der Waals surface area contributed by atoms with Gasteiger partial charge >= 0.3 is 5.97 Å². The van der Waals surface area contributed by atoms with Crippen LogP contribution in [0.2, 0.25) is 0 Å². The predicted octanol–water partition coefficient (Wildman–Crippen LogP) is 1.72. The second-order valence-electron chi connectivity index (χ2n) is 4.15. The zero-order valence-electron chi connectivity index (χ0n) is 8.88. The topological polar surface area (TPSA) is 49.3 Å². The summed E-state index contributed by atoms with van der Waals surface area (Å²) in [5.41, 5.74) is -0.711. The van der Waals surface area contributed by atoms with Crippen LogP contribution in [-0.2, 0) is 4.79 Å². The van der Waals surface area contributed by atoms with Crippen molar-refractivity contribution in [2.45, 2.75) is 44.2 Å². The van der Waals surface area contributed by atoms with E-state index in [1.807, 2.05) is 6.26 Å². The number of carboxylic acid groups (broad SMARTS) is 1. The van der Waals surface area contributed by atoms with Crippen molar-refractivity contribution >= 4 is 17.7 Å². The monoisotopic (exact) mass is 217 g/mol. The number of aliphatic carboxylic acids is 1. The van der Waals surface area contributed by atoms with Crippen LogP contribution in [0.15, 0.2) is 0 Å². The molecule has 1 aliphatic rings. The van der Waals surface area contributed by atoms with Gasteiger partial charge in [0.1, 0.15) is 5.54 Å². The van der Waals surface area contributed by atoms with Crippen molar-refractivity contribution in [2.24, 2.45) is 0 Å². The molecule has 2 N–H and O–H groups in total. The van der Waals surface area contributed by atoms with Crippen LogP contribution in [0.4, 0.5) is 0 Å². The largest absolute Gasteiger partial charge is 0.480 e. The van der Waals surface area contributed by atoms with Crippen molar-refractivity contribution in [3.63, 3.8) is 0 Å². The first-order valence-corrected chi connectivity index (χ1v) is 6.48. The Morgan fingerprint density at radius 1 is 1.64 bits per heavy atom. The molecule has 0 heterocycles. The average Bonchev–Trinajstić information content (AvgIpc) is 2.88. The molecule has 1 rings (SSSR count). The molecule has 82 valence electrons. The van der Waals surface area contributed by atoms with Crippen molar-refractivity contribution in [2.75, 3.05) is 12.0 Å². The number of rotatable bonds is 7. The Hall–Kier alpha value is -0.220. The molecule has 0 aromatic rings. The third-order valence-corrected chi connectivity index (χ3v) is 3.29. The Kier molecular flexibility index (Phi) is 4.26. The second-order valence-corrected chi connectivity index (χ2v) is 5.14. The number of thioether (sulfide) groups is 1. The molecule has 1 fully saturated rings. The van der Waals surface area contributed by atoms with Crippen LogP contribution < -0.4 is 5.32 Å². The van der Waals surface area contributed by atoms with Crippen molar-refractivity contribution in [1.29, 1.82) is 0 Å². The lowest BCUT2D eigenvalue weighted by atomic mass is 9.96. The maximum Gasteiger partial charge on any atom is 0.323 e. The number of hydrogen-bond donors (Lipinski definition) is 2. The minimum absolute atomic E-state index is 0.449. The van der Waals surface area contributed by atoms with Crippen molar-refractivity contribution in [1.82, 2.24) is 5.32 Å². The minimum atomic E-state index is -0.717. The Bertz CT molecular complexity index is 206. The van der Waals surface area contributed by atoms with Gasteiger partial charge in [0.05, 0.1) is 0 Å². The van der Waals surface area contributed by atoms with Gasteiger partial charge in [0.2, 0.25) is 0 Å². The van der Waals surface area contributed by atoms with E-state index in [-0.39, 0.29) is 0 Å². The van der Waals surface area contributed by atoms with E-state index < -0.39 is 11.5 Å². The van der Waals surface area contributed by atoms with Gasteiger partial charge in [-0.25, -0.2) is 0 Å². The Labute approximate surface area is 89.6 Å². The third-order valence-electron chi connectivity index (χ3n) is 2.60. The van der Waals surface area contributed by atoms with E-state index in [1.54, 1.807) is 18.7 Å². The van der Waals surface area contributed by atoms with E-state index in [2.05, 4.69) is 5.32 Å². The zero-order valence-corrected chi connectivity index (χ0v) is 9.69. The maximum atomic E-state index is 11.1. The van der Waals surface area contributed by atoms with Gasteiger partial charge in [0, 0.05) is 6.04 Å². The highest BCUT2D eigenvalue weighted by molar-refractivity contribution is 7.98. The molecule has 0 bridgehead atoms. The van der Waals surface area contributed by atoms with E-state index in [1.165, 1.54) is 0 Å². The van der Waals surface area contributed by atoms with Crippen LogP contribution >= 0.6 is 11.8 Å². The first-order chi connectivity index (χ1) is 6.58. The number of nitrogens with one attached hydrogen (secondary N) is 1. The molecule has 4 heteroatoms. The Balaban J connectivity index is 2.38. The molecular formula is C10H19NO2S. The van der Waals surface area contributed by atoms with E-state index in [4.69, 9.17) is 5.11 Å². The summed E-state index contributed by atoms with van der Waals surface area (Å²) in [4.78, 5) is 11.1. The van der Waals surface area contributed by atoms with Crippen molar-refractivity contribution in [3.05, 3.63) is 0 Å². The van der Waals surface area contributed by atoms with Gasteiger partial charge in [-0.2, -0.15) is 11.8 Å². The predicted molar refractivity (Wildman–Crippen MR) is 59.8 cm³/mol. The summed E-state index contributed by atoms with van der Waals surface area (Å²) in [6.07, 6.45) is 5.99. The lowest BCUT2D eigenvalue weighted by Gasteiger charge is -2.26. The molecule has 1 aliphatic carbocycles. The molecule has 0 spiro atoms. The summed E-state index contributed by atoms with van der Waals surface area (Å²) in [7, 11) is 0. The van der Waals surface area contributed by atoms with Gasteiger partial charge in [-0.1, -0.05) is 0 Å². The smallest absolute Gasteiger partial charge is 0.323 e. The molecule has 0 radical (unpaired) electrons. The quantitative estimate of drug-likeness (QED) is 0.638. The number of hydrogen-bond acceptors (Lipinski definition) is 3. The molecular weight excluding hydrogens is 198 g/mol. The van der Waals surface area contributed by atoms with E-state index in [9.17, 15) is 4.79 Å². The highest BCUT2D eigenvalue weighted by atomic mass is 32.2. The Morgan fingerprint density at radius 2 is 2.29 bits per heavy atom. The van der Waals surface area contributed by atoms with Crippen LogP contribution in [0.5, 0.6) is 0 Å². The molecule has 1 saturated carbocycles. The van der Waals surface area contributed by atoms with E-state index in [0.717, 1.165) is 31.4 Å². The molecule has 0 saturated heterocycles. The molecule has 0 amide bonds. The molecule has 3 nitrogen and oxygen atoms in total. The lowest BCUT2D eigenvalue weighted by molar-refractivity contribution is -0.144. The van der Waals surface area contributed by atoms with Gasteiger partial charge in [-0.15, -0.1) is 0 Å². The first-order valence-electron chi connectivity index (χ1n) is 5.08. The van der Waals surface area contributed by atoms with E-state index >= 15 is 0 Å². The molecule has 0 aromatic heterocycles. The Morgan fingerprint density at radius 3 is 2.71 bits per heavy atom. The number of carbonyl (C=O) groups is 1. The molecule has 0 aliphatic heterocycles. The second kappa shape index (κ2) is 5.03. The van der Waals surface area contributed by atoms with Gasteiger partial charge in [0.25, 0.3) is 0 Å². The van der Waals surface area contributed by atoms with Crippen LogP contribution in [0.25, 0.3) is 0 Å². The fraction of sp³-hybridized carbons (Fsp3) is 0.900. The summed E-state index contributed by atoms with van der Waals surface area (Å²) in [5, 5.41) is 12.4. The normalized spacial score (nSPS) is 20.4. The summed E-state index contributed by atoms with van der Waals surface area (Å²) >= 11 is 1.77. The first kappa shape index (κ1) is 11.9. The highest BCUT2D eigenvalue weighted by Gasteiger charge is 2.37. The number of carboxylic acids is 1.